The number of nitro groups is 1. The average Bonchev–Trinajstić information content (AvgIpc) is 3.42. The molecule has 1 fully saturated rings. The van der Waals surface area contributed by atoms with E-state index < -0.39 is 22.4 Å². The molecular weight excluding hydrogens is 509 g/mol. The number of likely N-dealkylation sites (tertiary alicyclic amines) is 1. The van der Waals surface area contributed by atoms with Crippen molar-refractivity contribution < 1.29 is 23.6 Å². The molecule has 0 spiro atoms. The van der Waals surface area contributed by atoms with Crippen LogP contribution in [-0.2, 0) is 24.4 Å². The summed E-state index contributed by atoms with van der Waals surface area (Å²) < 4.78 is 20.6. The Morgan fingerprint density at radius 2 is 1.85 bits per heavy atom. The Morgan fingerprint density at radius 1 is 1.13 bits per heavy atom. The first-order chi connectivity index (χ1) is 18.5. The maximum absolute atomic E-state index is 13.3. The Hall–Kier alpha value is -4.55. The van der Waals surface area contributed by atoms with Crippen molar-refractivity contribution in [1.29, 1.82) is 0 Å². The zero-order valence-electron chi connectivity index (χ0n) is 21.8. The minimum absolute atomic E-state index is 0.193. The summed E-state index contributed by atoms with van der Waals surface area (Å²) in [5.41, 5.74) is 1.78. The summed E-state index contributed by atoms with van der Waals surface area (Å²) in [6.07, 6.45) is 1.38. The zero-order chi connectivity index (χ0) is 27.9. The fourth-order valence-electron chi connectivity index (χ4n) is 4.57. The lowest BCUT2D eigenvalue weighted by Gasteiger charge is -2.39. The van der Waals surface area contributed by atoms with Crippen LogP contribution in [0.4, 0.5) is 25.5 Å². The smallest absolute Gasteiger partial charge is 0.410 e. The van der Waals surface area contributed by atoms with Crippen molar-refractivity contribution in [3.05, 3.63) is 69.8 Å². The number of carbonyl (C=O) groups is 2. The van der Waals surface area contributed by atoms with E-state index in [1.807, 2.05) is 25.5 Å². The number of ether oxygens (including phenoxy) is 1. The molecule has 12 nitrogen and oxygen atoms in total. The normalized spacial score (nSPS) is 15.1. The Morgan fingerprint density at radius 3 is 2.51 bits per heavy atom. The summed E-state index contributed by atoms with van der Waals surface area (Å²) in [6.45, 7) is 7.77. The van der Waals surface area contributed by atoms with E-state index in [9.17, 15) is 24.1 Å². The second kappa shape index (κ2) is 9.97. The standard InChI is InChI=1S/C26H28FN7O5/c1-26(2,3)39-25(36)32-11-16(12-32)13-33-22-15-31(14-18(22)10-28-33)24(35)30-23-21(34(37)38)9-8-20(29-23)17-4-6-19(27)7-5-17/h4-10,16H,11-15H2,1-3H3,(H,29,30,35). The van der Waals surface area contributed by atoms with Crippen molar-refractivity contribution in [2.45, 2.75) is 46.0 Å². The largest absolute Gasteiger partial charge is 0.444 e. The van der Waals surface area contributed by atoms with E-state index in [2.05, 4.69) is 15.4 Å². The van der Waals surface area contributed by atoms with Crippen molar-refractivity contribution in [1.82, 2.24) is 24.6 Å². The van der Waals surface area contributed by atoms with Crippen molar-refractivity contribution in [2.75, 3.05) is 18.4 Å². The number of nitrogens with zero attached hydrogens (tertiary/aromatic N) is 6. The summed E-state index contributed by atoms with van der Waals surface area (Å²) in [5, 5.41) is 18.6. The number of anilines is 1. The first-order valence-corrected chi connectivity index (χ1v) is 12.5. The molecule has 2 aromatic heterocycles. The number of benzene rings is 1. The molecule has 0 bridgehead atoms. The molecule has 4 heterocycles. The summed E-state index contributed by atoms with van der Waals surface area (Å²) >= 11 is 0. The number of pyridine rings is 1. The van der Waals surface area contributed by atoms with E-state index >= 15 is 0 Å². The van der Waals surface area contributed by atoms with Crippen molar-refractivity contribution >= 4 is 23.6 Å². The number of aromatic nitrogens is 3. The zero-order valence-corrected chi connectivity index (χ0v) is 21.8. The fraction of sp³-hybridized carbons (Fsp3) is 0.385. The summed E-state index contributed by atoms with van der Waals surface area (Å²) in [5.74, 6) is -0.398. The molecule has 204 valence electrons. The van der Waals surface area contributed by atoms with Crippen LogP contribution in [0.15, 0.2) is 42.6 Å². The van der Waals surface area contributed by atoms with Crippen LogP contribution in [0.2, 0.25) is 0 Å². The number of rotatable bonds is 5. The lowest BCUT2D eigenvalue weighted by molar-refractivity contribution is -0.384. The number of urea groups is 1. The van der Waals surface area contributed by atoms with Gasteiger partial charge in [-0.2, -0.15) is 5.10 Å². The highest BCUT2D eigenvalue weighted by atomic mass is 19.1. The average molecular weight is 538 g/mol. The third-order valence-corrected chi connectivity index (χ3v) is 6.50. The van der Waals surface area contributed by atoms with Gasteiger partial charge in [0, 0.05) is 42.7 Å². The summed E-state index contributed by atoms with van der Waals surface area (Å²) in [6, 6.07) is 7.71. The van der Waals surface area contributed by atoms with Crippen molar-refractivity contribution in [3.63, 3.8) is 0 Å². The minimum atomic E-state index is -0.618. The van der Waals surface area contributed by atoms with Crippen LogP contribution in [0, 0.1) is 21.8 Å². The molecule has 1 N–H and O–H groups in total. The first kappa shape index (κ1) is 26.1. The fourth-order valence-corrected chi connectivity index (χ4v) is 4.57. The Labute approximate surface area is 223 Å². The van der Waals surface area contributed by atoms with Crippen LogP contribution in [0.1, 0.15) is 32.0 Å². The number of hydrogen-bond acceptors (Lipinski definition) is 7. The maximum Gasteiger partial charge on any atom is 0.410 e. The van der Waals surface area contributed by atoms with Gasteiger partial charge in [-0.15, -0.1) is 0 Å². The van der Waals surface area contributed by atoms with Crippen LogP contribution in [0.5, 0.6) is 0 Å². The molecule has 0 unspecified atom stereocenters. The highest BCUT2D eigenvalue weighted by Gasteiger charge is 2.36. The maximum atomic E-state index is 13.3. The van der Waals surface area contributed by atoms with E-state index in [4.69, 9.17) is 4.74 Å². The van der Waals surface area contributed by atoms with Gasteiger partial charge in [0.15, 0.2) is 0 Å². The topological polar surface area (TPSA) is 136 Å². The van der Waals surface area contributed by atoms with Crippen molar-refractivity contribution in [3.8, 4) is 11.3 Å². The lowest BCUT2D eigenvalue weighted by Crippen LogP contribution is -2.53. The van der Waals surface area contributed by atoms with Gasteiger partial charge in [-0.3, -0.25) is 20.1 Å². The number of halogens is 1. The molecular formula is C26H28FN7O5. The molecule has 1 saturated heterocycles. The van der Waals surface area contributed by atoms with Gasteiger partial charge in [-0.1, -0.05) is 0 Å². The molecule has 3 amide bonds. The van der Waals surface area contributed by atoms with Crippen LogP contribution in [0.3, 0.4) is 0 Å². The number of amides is 3. The minimum Gasteiger partial charge on any atom is -0.444 e. The van der Waals surface area contributed by atoms with Gasteiger partial charge in [0.25, 0.3) is 0 Å². The quantitative estimate of drug-likeness (QED) is 0.376. The molecule has 3 aromatic rings. The number of nitrogens with one attached hydrogen (secondary N) is 1. The highest BCUT2D eigenvalue weighted by Crippen LogP contribution is 2.30. The van der Waals surface area contributed by atoms with Gasteiger partial charge in [-0.25, -0.2) is 19.0 Å². The van der Waals surface area contributed by atoms with Gasteiger partial charge >= 0.3 is 17.8 Å². The molecule has 13 heteroatoms. The van der Waals surface area contributed by atoms with Gasteiger partial charge in [0.1, 0.15) is 11.4 Å². The molecule has 0 atom stereocenters. The monoisotopic (exact) mass is 537 g/mol. The third kappa shape index (κ3) is 5.66. The molecule has 5 rings (SSSR count). The number of hydrogen-bond donors (Lipinski definition) is 1. The Kier molecular flexibility index (Phi) is 6.66. The lowest BCUT2D eigenvalue weighted by atomic mass is 10.0. The van der Waals surface area contributed by atoms with Crippen LogP contribution in [-0.4, -0.2) is 60.3 Å². The molecule has 39 heavy (non-hydrogen) atoms. The van der Waals surface area contributed by atoms with Gasteiger partial charge in [-0.05, 0) is 51.1 Å². The molecule has 0 radical (unpaired) electrons. The van der Waals surface area contributed by atoms with Crippen molar-refractivity contribution in [2.24, 2.45) is 5.92 Å². The second-order valence-corrected chi connectivity index (χ2v) is 10.7. The summed E-state index contributed by atoms with van der Waals surface area (Å²) in [4.78, 5) is 43.7. The predicted octanol–water partition coefficient (Wildman–Crippen LogP) is 4.41. The van der Waals surface area contributed by atoms with E-state index in [1.165, 1.54) is 41.3 Å². The van der Waals surface area contributed by atoms with Crippen LogP contribution >= 0.6 is 0 Å². The van der Waals surface area contributed by atoms with Gasteiger partial charge in [0.05, 0.1) is 35.6 Å². The van der Waals surface area contributed by atoms with E-state index in [-0.39, 0.29) is 30.1 Å². The second-order valence-electron chi connectivity index (χ2n) is 10.7. The van der Waals surface area contributed by atoms with E-state index in [0.29, 0.717) is 37.4 Å². The molecule has 0 saturated carbocycles. The van der Waals surface area contributed by atoms with E-state index in [0.717, 1.165) is 11.3 Å². The molecule has 2 aliphatic heterocycles. The Balaban J connectivity index is 1.23. The van der Waals surface area contributed by atoms with Gasteiger partial charge < -0.3 is 14.5 Å². The first-order valence-electron chi connectivity index (χ1n) is 12.5. The predicted molar refractivity (Wildman–Crippen MR) is 138 cm³/mol. The number of carbonyl (C=O) groups excluding carboxylic acids is 2. The van der Waals surface area contributed by atoms with E-state index in [1.54, 1.807) is 11.1 Å². The SMILES string of the molecule is CC(C)(C)OC(=O)N1CC(Cn2ncc3c2CN(C(=O)Nc2nc(-c4ccc(F)cc4)ccc2[N+](=O)[O-])C3)C1. The third-order valence-electron chi connectivity index (χ3n) is 6.50. The van der Waals surface area contributed by atoms with Gasteiger partial charge in [0.2, 0.25) is 5.82 Å². The molecule has 1 aromatic carbocycles. The highest BCUT2D eigenvalue weighted by molar-refractivity contribution is 5.91. The molecule has 2 aliphatic rings. The summed E-state index contributed by atoms with van der Waals surface area (Å²) in [7, 11) is 0. The van der Waals surface area contributed by atoms with Crippen LogP contribution in [0.25, 0.3) is 11.3 Å². The van der Waals surface area contributed by atoms with Crippen LogP contribution < -0.4 is 5.32 Å². The Bertz CT molecular complexity index is 1430. The number of fused-ring (bicyclic) bond motifs is 1. The molecule has 0 aliphatic carbocycles.